The van der Waals surface area contributed by atoms with Crippen LogP contribution in [0.3, 0.4) is 0 Å². The third-order valence-corrected chi connectivity index (χ3v) is 5.12. The van der Waals surface area contributed by atoms with Gasteiger partial charge in [-0.15, -0.1) is 0 Å². The van der Waals surface area contributed by atoms with E-state index in [1.54, 1.807) is 24.3 Å². The molecule has 1 atom stereocenters. The lowest BCUT2D eigenvalue weighted by Crippen LogP contribution is -2.03. The fourth-order valence-corrected chi connectivity index (χ4v) is 3.61. The molecule has 1 N–H and O–H groups in total. The molecule has 0 aliphatic carbocycles. The fraction of sp³-hybridized carbons (Fsp3) is 0.125. The summed E-state index contributed by atoms with van der Waals surface area (Å²) in [6.07, 6.45) is -0.792. The first kappa shape index (κ1) is 17.6. The molecule has 4 nitrogen and oxygen atoms in total. The average Bonchev–Trinajstić information content (AvgIpc) is 2.90. The van der Waals surface area contributed by atoms with Gasteiger partial charge in [0.25, 0.3) is 0 Å². The maximum Gasteiger partial charge on any atom is 0.149 e. The van der Waals surface area contributed by atoms with Crippen LogP contribution in [-0.2, 0) is 13.2 Å². The standard InChI is InChI=1S/C24H18FNO3/c25-21-7-3-5-15-8-9-17(26-23(15)21)14-28-18-10-11-22-20(12-18)24(27)19-6-2-1-4-16(19)13-29-22/h1-12,24,27H,13-14H2. The molecule has 1 aliphatic heterocycles. The third-order valence-electron chi connectivity index (χ3n) is 5.12. The number of aliphatic hydroxyl groups is 1. The van der Waals surface area contributed by atoms with Crippen LogP contribution in [0.2, 0.25) is 0 Å². The zero-order valence-corrected chi connectivity index (χ0v) is 15.5. The van der Waals surface area contributed by atoms with Gasteiger partial charge in [0.2, 0.25) is 0 Å². The van der Waals surface area contributed by atoms with E-state index in [0.717, 1.165) is 16.5 Å². The van der Waals surface area contributed by atoms with E-state index in [-0.39, 0.29) is 12.4 Å². The number of hydrogen-bond donors (Lipinski definition) is 1. The Balaban J connectivity index is 1.41. The van der Waals surface area contributed by atoms with Crippen molar-refractivity contribution in [3.05, 3.63) is 101 Å². The van der Waals surface area contributed by atoms with Crippen molar-refractivity contribution in [3.8, 4) is 11.5 Å². The Bertz CT molecular complexity index is 1210. The van der Waals surface area contributed by atoms with Gasteiger partial charge in [-0.2, -0.15) is 0 Å². The monoisotopic (exact) mass is 387 g/mol. The van der Waals surface area contributed by atoms with Gasteiger partial charge in [0.05, 0.1) is 5.69 Å². The zero-order chi connectivity index (χ0) is 19.8. The van der Waals surface area contributed by atoms with Gasteiger partial charge in [0.15, 0.2) is 0 Å². The second kappa shape index (κ2) is 7.18. The summed E-state index contributed by atoms with van der Waals surface area (Å²) >= 11 is 0. The predicted octanol–water partition coefficient (Wildman–Crippen LogP) is 4.93. The minimum atomic E-state index is -0.792. The highest BCUT2D eigenvalue weighted by Gasteiger charge is 2.23. The van der Waals surface area contributed by atoms with Crippen LogP contribution in [0.5, 0.6) is 11.5 Å². The molecule has 0 saturated heterocycles. The van der Waals surface area contributed by atoms with Crippen molar-refractivity contribution < 1.29 is 19.0 Å². The van der Waals surface area contributed by atoms with Gasteiger partial charge in [0.1, 0.15) is 42.2 Å². The molecule has 144 valence electrons. The Kier molecular flexibility index (Phi) is 4.37. The van der Waals surface area contributed by atoms with Crippen molar-refractivity contribution in [2.45, 2.75) is 19.3 Å². The van der Waals surface area contributed by atoms with Gasteiger partial charge in [-0.05, 0) is 41.5 Å². The molecule has 3 aromatic carbocycles. The number of benzene rings is 3. The van der Waals surface area contributed by atoms with Crippen molar-refractivity contribution >= 4 is 10.9 Å². The summed E-state index contributed by atoms with van der Waals surface area (Å²) in [5.41, 5.74) is 3.40. The lowest BCUT2D eigenvalue weighted by atomic mass is 9.97. The van der Waals surface area contributed by atoms with E-state index in [0.29, 0.717) is 34.9 Å². The Hall–Kier alpha value is -3.44. The maximum atomic E-state index is 14.0. The Morgan fingerprint density at radius 2 is 1.90 bits per heavy atom. The first-order valence-corrected chi connectivity index (χ1v) is 9.38. The Morgan fingerprint density at radius 3 is 2.83 bits per heavy atom. The van der Waals surface area contributed by atoms with Crippen LogP contribution in [-0.4, -0.2) is 10.1 Å². The molecule has 1 aromatic heterocycles. The van der Waals surface area contributed by atoms with E-state index in [1.165, 1.54) is 6.07 Å². The number of hydrogen-bond acceptors (Lipinski definition) is 4. The second-order valence-corrected chi connectivity index (χ2v) is 6.99. The molecule has 1 aliphatic rings. The van der Waals surface area contributed by atoms with Crippen LogP contribution >= 0.6 is 0 Å². The first-order valence-electron chi connectivity index (χ1n) is 9.38. The van der Waals surface area contributed by atoms with Gasteiger partial charge in [-0.3, -0.25) is 0 Å². The number of aromatic nitrogens is 1. The molecule has 2 heterocycles. The Labute approximate surface area is 167 Å². The molecular weight excluding hydrogens is 369 g/mol. The molecular formula is C24H18FNO3. The van der Waals surface area contributed by atoms with E-state index in [9.17, 15) is 9.50 Å². The molecule has 5 rings (SSSR count). The lowest BCUT2D eigenvalue weighted by Gasteiger charge is -2.15. The van der Waals surface area contributed by atoms with Crippen LogP contribution in [0.1, 0.15) is 28.5 Å². The van der Waals surface area contributed by atoms with Crippen LogP contribution in [0, 0.1) is 5.82 Å². The number of halogens is 1. The van der Waals surface area contributed by atoms with Crippen LogP contribution in [0.25, 0.3) is 10.9 Å². The fourth-order valence-electron chi connectivity index (χ4n) is 3.61. The average molecular weight is 387 g/mol. The molecule has 0 fully saturated rings. The SMILES string of the molecule is OC1c2ccccc2COc2ccc(OCc3ccc4cccc(F)c4n3)cc21. The van der Waals surface area contributed by atoms with E-state index < -0.39 is 6.10 Å². The summed E-state index contributed by atoms with van der Waals surface area (Å²) in [5.74, 6) is 0.862. The van der Waals surface area contributed by atoms with Gasteiger partial charge in [-0.25, -0.2) is 9.37 Å². The van der Waals surface area contributed by atoms with Crippen LogP contribution in [0.4, 0.5) is 4.39 Å². The molecule has 29 heavy (non-hydrogen) atoms. The highest BCUT2D eigenvalue weighted by atomic mass is 19.1. The molecule has 4 aromatic rings. The van der Waals surface area contributed by atoms with Gasteiger partial charge < -0.3 is 14.6 Å². The molecule has 5 heteroatoms. The largest absolute Gasteiger partial charge is 0.488 e. The topological polar surface area (TPSA) is 51.6 Å². The predicted molar refractivity (Wildman–Crippen MR) is 107 cm³/mol. The van der Waals surface area contributed by atoms with Crippen LogP contribution < -0.4 is 9.47 Å². The molecule has 0 bridgehead atoms. The molecule has 1 unspecified atom stereocenters. The Morgan fingerprint density at radius 1 is 1.00 bits per heavy atom. The van der Waals surface area contributed by atoms with Crippen molar-refractivity contribution in [1.82, 2.24) is 4.98 Å². The zero-order valence-electron chi connectivity index (χ0n) is 15.5. The van der Waals surface area contributed by atoms with Crippen molar-refractivity contribution in [2.24, 2.45) is 0 Å². The highest BCUT2D eigenvalue weighted by molar-refractivity contribution is 5.79. The minimum Gasteiger partial charge on any atom is -0.488 e. The number of para-hydroxylation sites is 1. The summed E-state index contributed by atoms with van der Waals surface area (Å²) in [5, 5.41) is 11.6. The number of ether oxygens (including phenoxy) is 2. The number of rotatable bonds is 3. The number of fused-ring (bicyclic) bond motifs is 3. The van der Waals surface area contributed by atoms with E-state index in [4.69, 9.17) is 9.47 Å². The molecule has 0 saturated carbocycles. The molecule has 0 radical (unpaired) electrons. The first-order chi connectivity index (χ1) is 14.2. The second-order valence-electron chi connectivity index (χ2n) is 6.99. The van der Waals surface area contributed by atoms with Crippen molar-refractivity contribution in [2.75, 3.05) is 0 Å². The van der Waals surface area contributed by atoms with Gasteiger partial charge in [0, 0.05) is 10.9 Å². The molecule has 0 amide bonds. The lowest BCUT2D eigenvalue weighted by molar-refractivity contribution is 0.217. The van der Waals surface area contributed by atoms with Crippen LogP contribution in [0.15, 0.2) is 72.8 Å². The third kappa shape index (κ3) is 3.30. The summed E-state index contributed by atoms with van der Waals surface area (Å²) in [4.78, 5) is 4.36. The minimum absolute atomic E-state index is 0.191. The summed E-state index contributed by atoms with van der Waals surface area (Å²) in [7, 11) is 0. The molecule has 0 spiro atoms. The number of pyridine rings is 1. The summed E-state index contributed by atoms with van der Waals surface area (Å²) in [6.45, 7) is 0.601. The highest BCUT2D eigenvalue weighted by Crippen LogP contribution is 2.37. The number of aliphatic hydroxyl groups excluding tert-OH is 1. The van der Waals surface area contributed by atoms with E-state index in [2.05, 4.69) is 4.98 Å². The summed E-state index contributed by atoms with van der Waals surface area (Å²) < 4.78 is 25.7. The normalized spacial score (nSPS) is 15.2. The van der Waals surface area contributed by atoms with Crippen molar-refractivity contribution in [1.29, 1.82) is 0 Å². The van der Waals surface area contributed by atoms with Crippen molar-refractivity contribution in [3.63, 3.8) is 0 Å². The quantitative estimate of drug-likeness (QED) is 0.542. The van der Waals surface area contributed by atoms with E-state index in [1.807, 2.05) is 42.5 Å². The van der Waals surface area contributed by atoms with Gasteiger partial charge >= 0.3 is 0 Å². The van der Waals surface area contributed by atoms with Gasteiger partial charge in [-0.1, -0.05) is 42.5 Å². The maximum absolute atomic E-state index is 14.0. The smallest absolute Gasteiger partial charge is 0.149 e. The number of nitrogens with zero attached hydrogens (tertiary/aromatic N) is 1. The summed E-state index contributed by atoms with van der Waals surface area (Å²) in [6, 6.07) is 21.6. The van der Waals surface area contributed by atoms with E-state index >= 15 is 0 Å².